The lowest BCUT2D eigenvalue weighted by Gasteiger charge is -2.11. The summed E-state index contributed by atoms with van der Waals surface area (Å²) in [4.78, 5) is 0. The van der Waals surface area contributed by atoms with Crippen molar-refractivity contribution < 1.29 is 9.15 Å². The van der Waals surface area contributed by atoms with E-state index >= 15 is 0 Å². The highest BCUT2D eigenvalue weighted by atomic mass is 16.5. The van der Waals surface area contributed by atoms with Gasteiger partial charge in [-0.1, -0.05) is 26.0 Å². The number of nitrogens with one attached hydrogen (secondary N) is 1. The van der Waals surface area contributed by atoms with E-state index in [9.17, 15) is 0 Å². The first-order chi connectivity index (χ1) is 9.79. The average Bonchev–Trinajstić information content (AvgIpc) is 3.00. The summed E-state index contributed by atoms with van der Waals surface area (Å²) in [6, 6.07) is 10.4. The number of rotatable bonds is 8. The number of hydrogen-bond acceptors (Lipinski definition) is 3. The summed E-state index contributed by atoms with van der Waals surface area (Å²) in [7, 11) is 0. The molecule has 0 bridgehead atoms. The normalized spacial score (nSPS) is 12.3. The Morgan fingerprint density at radius 1 is 1.20 bits per heavy atom. The minimum Gasteiger partial charge on any atom is -0.492 e. The molecule has 0 radical (unpaired) electrons. The third kappa shape index (κ3) is 4.42. The van der Waals surface area contributed by atoms with Crippen molar-refractivity contribution in [2.45, 2.75) is 32.7 Å². The van der Waals surface area contributed by atoms with Gasteiger partial charge in [0, 0.05) is 18.7 Å². The molecule has 1 unspecified atom stereocenters. The minimum atomic E-state index is 0.612. The maximum Gasteiger partial charge on any atom is 0.119 e. The van der Waals surface area contributed by atoms with E-state index in [1.165, 1.54) is 5.56 Å². The van der Waals surface area contributed by atoms with E-state index in [0.29, 0.717) is 12.5 Å². The second-order valence-corrected chi connectivity index (χ2v) is 5.04. The summed E-state index contributed by atoms with van der Waals surface area (Å²) < 4.78 is 10.7. The second-order valence-electron chi connectivity index (χ2n) is 5.04. The van der Waals surface area contributed by atoms with Crippen LogP contribution in [0.15, 0.2) is 47.3 Å². The Hall–Kier alpha value is -1.74. The lowest BCUT2D eigenvalue weighted by Crippen LogP contribution is -2.20. The molecule has 1 heterocycles. The van der Waals surface area contributed by atoms with E-state index in [1.807, 2.05) is 6.07 Å². The van der Waals surface area contributed by atoms with Gasteiger partial charge in [-0.05, 0) is 36.1 Å². The van der Waals surface area contributed by atoms with Crippen LogP contribution in [0.2, 0.25) is 0 Å². The summed E-state index contributed by atoms with van der Waals surface area (Å²) >= 11 is 0. The predicted octanol–water partition coefficient (Wildman–Crippen LogP) is 3.96. The molecule has 2 aromatic rings. The summed E-state index contributed by atoms with van der Waals surface area (Å²) in [5.74, 6) is 1.54. The van der Waals surface area contributed by atoms with Crippen LogP contribution in [0.1, 0.15) is 37.3 Å². The first kappa shape index (κ1) is 14.7. The van der Waals surface area contributed by atoms with Crippen LogP contribution in [0, 0.1) is 0 Å². The Labute approximate surface area is 121 Å². The lowest BCUT2D eigenvalue weighted by molar-refractivity contribution is 0.313. The number of hydrogen-bond donors (Lipinski definition) is 1. The largest absolute Gasteiger partial charge is 0.492 e. The molecule has 0 aliphatic heterocycles. The van der Waals surface area contributed by atoms with E-state index in [-0.39, 0.29) is 0 Å². The van der Waals surface area contributed by atoms with Crippen LogP contribution in [0.5, 0.6) is 5.75 Å². The standard InChI is InChI=1S/C17H23NO2/c1-3-14(2)16-4-6-17(7-5-16)20-11-9-18-12-15-8-10-19-13-15/h4-8,10,13-14,18H,3,9,11-12H2,1-2H3. The van der Waals surface area contributed by atoms with Crippen LogP contribution in [0.25, 0.3) is 0 Å². The molecule has 0 saturated heterocycles. The molecular formula is C17H23NO2. The van der Waals surface area contributed by atoms with Crippen molar-refractivity contribution in [3.8, 4) is 5.75 Å². The van der Waals surface area contributed by atoms with Crippen LogP contribution in [-0.2, 0) is 6.54 Å². The zero-order valence-corrected chi connectivity index (χ0v) is 12.3. The van der Waals surface area contributed by atoms with E-state index in [2.05, 4.69) is 43.4 Å². The Kier molecular flexibility index (Phi) is 5.69. The summed E-state index contributed by atoms with van der Waals surface area (Å²) in [6.45, 7) is 6.75. The molecule has 0 saturated carbocycles. The molecule has 0 amide bonds. The molecule has 0 aliphatic rings. The smallest absolute Gasteiger partial charge is 0.119 e. The zero-order chi connectivity index (χ0) is 14.2. The van der Waals surface area contributed by atoms with Crippen molar-refractivity contribution in [2.24, 2.45) is 0 Å². The maximum atomic E-state index is 5.71. The topological polar surface area (TPSA) is 34.4 Å². The van der Waals surface area contributed by atoms with Gasteiger partial charge in [0.2, 0.25) is 0 Å². The van der Waals surface area contributed by atoms with Gasteiger partial charge in [-0.15, -0.1) is 0 Å². The molecule has 0 spiro atoms. The second kappa shape index (κ2) is 7.75. The highest BCUT2D eigenvalue weighted by molar-refractivity contribution is 5.29. The highest BCUT2D eigenvalue weighted by Gasteiger charge is 2.02. The zero-order valence-electron chi connectivity index (χ0n) is 12.3. The average molecular weight is 273 g/mol. The van der Waals surface area contributed by atoms with Crippen molar-refractivity contribution in [3.05, 3.63) is 54.0 Å². The van der Waals surface area contributed by atoms with Gasteiger partial charge in [-0.2, -0.15) is 0 Å². The van der Waals surface area contributed by atoms with Gasteiger partial charge in [0.05, 0.1) is 12.5 Å². The summed E-state index contributed by atoms with van der Waals surface area (Å²) in [5, 5.41) is 3.31. The van der Waals surface area contributed by atoms with Crippen molar-refractivity contribution in [3.63, 3.8) is 0 Å². The number of furan rings is 1. The predicted molar refractivity (Wildman–Crippen MR) is 81.1 cm³/mol. The molecule has 1 aromatic carbocycles. The van der Waals surface area contributed by atoms with Crippen LogP contribution in [0.3, 0.4) is 0 Å². The minimum absolute atomic E-state index is 0.612. The van der Waals surface area contributed by atoms with Crippen molar-refractivity contribution >= 4 is 0 Å². The highest BCUT2D eigenvalue weighted by Crippen LogP contribution is 2.21. The van der Waals surface area contributed by atoms with E-state index < -0.39 is 0 Å². The molecule has 0 aliphatic carbocycles. The fourth-order valence-corrected chi connectivity index (χ4v) is 2.00. The maximum absolute atomic E-state index is 5.71. The summed E-state index contributed by atoms with van der Waals surface area (Å²) in [6.07, 6.45) is 4.60. The van der Waals surface area contributed by atoms with Crippen LogP contribution < -0.4 is 10.1 Å². The molecule has 3 heteroatoms. The number of benzene rings is 1. The Morgan fingerprint density at radius 2 is 2.00 bits per heavy atom. The fraction of sp³-hybridized carbons (Fsp3) is 0.412. The molecular weight excluding hydrogens is 250 g/mol. The van der Waals surface area contributed by atoms with Crippen LogP contribution in [0.4, 0.5) is 0 Å². The molecule has 1 aromatic heterocycles. The van der Waals surface area contributed by atoms with E-state index in [1.54, 1.807) is 12.5 Å². The first-order valence-electron chi connectivity index (χ1n) is 7.24. The van der Waals surface area contributed by atoms with Crippen molar-refractivity contribution in [1.29, 1.82) is 0 Å². The molecule has 20 heavy (non-hydrogen) atoms. The van der Waals surface area contributed by atoms with Gasteiger partial charge in [-0.25, -0.2) is 0 Å². The van der Waals surface area contributed by atoms with E-state index in [4.69, 9.17) is 9.15 Å². The molecule has 1 N–H and O–H groups in total. The molecule has 1 atom stereocenters. The Morgan fingerprint density at radius 3 is 2.65 bits per heavy atom. The van der Waals surface area contributed by atoms with Gasteiger partial charge >= 0.3 is 0 Å². The monoisotopic (exact) mass is 273 g/mol. The third-order valence-electron chi connectivity index (χ3n) is 3.52. The van der Waals surface area contributed by atoms with Gasteiger partial charge in [0.25, 0.3) is 0 Å². The van der Waals surface area contributed by atoms with Gasteiger partial charge in [-0.3, -0.25) is 0 Å². The van der Waals surface area contributed by atoms with Crippen molar-refractivity contribution in [1.82, 2.24) is 5.32 Å². The first-order valence-corrected chi connectivity index (χ1v) is 7.24. The van der Waals surface area contributed by atoms with E-state index in [0.717, 1.165) is 30.8 Å². The number of ether oxygens (including phenoxy) is 1. The Bertz CT molecular complexity index is 476. The quantitative estimate of drug-likeness (QED) is 0.739. The molecule has 0 fully saturated rings. The molecule has 108 valence electrons. The SMILES string of the molecule is CCC(C)c1ccc(OCCNCc2ccoc2)cc1. The van der Waals surface area contributed by atoms with Crippen LogP contribution >= 0.6 is 0 Å². The Balaban J connectivity index is 1.66. The van der Waals surface area contributed by atoms with Gasteiger partial charge < -0.3 is 14.5 Å². The molecule has 2 rings (SSSR count). The van der Waals surface area contributed by atoms with Crippen molar-refractivity contribution in [2.75, 3.05) is 13.2 Å². The summed E-state index contributed by atoms with van der Waals surface area (Å²) in [5.41, 5.74) is 2.53. The van der Waals surface area contributed by atoms with Gasteiger partial charge in [0.1, 0.15) is 12.4 Å². The van der Waals surface area contributed by atoms with Crippen LogP contribution in [-0.4, -0.2) is 13.2 Å². The van der Waals surface area contributed by atoms with Gasteiger partial charge in [0.15, 0.2) is 0 Å². The lowest BCUT2D eigenvalue weighted by atomic mass is 9.99. The third-order valence-corrected chi connectivity index (χ3v) is 3.52. The fourth-order valence-electron chi connectivity index (χ4n) is 2.00. The molecule has 3 nitrogen and oxygen atoms in total.